The Bertz CT molecular complexity index is 798. The Morgan fingerprint density at radius 3 is 2.82 bits per heavy atom. The molecule has 1 aliphatic carbocycles. The first-order valence-corrected chi connectivity index (χ1v) is 10.2. The van der Waals surface area contributed by atoms with Gasteiger partial charge in [-0.05, 0) is 25.8 Å². The molecule has 0 amide bonds. The van der Waals surface area contributed by atoms with Crippen molar-refractivity contribution in [1.82, 2.24) is 30.0 Å². The lowest BCUT2D eigenvalue weighted by Gasteiger charge is -2.25. The van der Waals surface area contributed by atoms with E-state index in [0.29, 0.717) is 18.5 Å². The summed E-state index contributed by atoms with van der Waals surface area (Å²) in [4.78, 5) is 11.5. The second-order valence-electron chi connectivity index (χ2n) is 7.63. The Balaban J connectivity index is 1.43. The minimum absolute atomic E-state index is 0.127. The van der Waals surface area contributed by atoms with E-state index in [1.165, 1.54) is 25.7 Å². The van der Waals surface area contributed by atoms with Gasteiger partial charge in [0.05, 0.1) is 6.54 Å². The highest BCUT2D eigenvalue weighted by Gasteiger charge is 2.28. The van der Waals surface area contributed by atoms with Crippen LogP contribution >= 0.6 is 0 Å². The predicted molar refractivity (Wildman–Crippen MR) is 107 cm³/mol. The smallest absolute Gasteiger partial charge is 0.213 e. The molecule has 3 heterocycles. The molecule has 4 rings (SSSR count). The molecule has 1 saturated heterocycles. The van der Waals surface area contributed by atoms with E-state index >= 15 is 0 Å². The van der Waals surface area contributed by atoms with E-state index in [0.717, 1.165) is 37.1 Å². The second kappa shape index (κ2) is 8.58. The van der Waals surface area contributed by atoms with Gasteiger partial charge in [-0.1, -0.05) is 18.9 Å². The van der Waals surface area contributed by atoms with Crippen molar-refractivity contribution in [3.05, 3.63) is 36.0 Å². The molecule has 0 spiro atoms. The van der Waals surface area contributed by atoms with Gasteiger partial charge >= 0.3 is 0 Å². The molecule has 2 fully saturated rings. The van der Waals surface area contributed by atoms with Crippen LogP contribution in [-0.4, -0.2) is 55.8 Å². The van der Waals surface area contributed by atoms with Crippen LogP contribution < -0.4 is 10.1 Å². The summed E-state index contributed by atoms with van der Waals surface area (Å²) in [7, 11) is 1.98. The van der Waals surface area contributed by atoms with Crippen molar-refractivity contribution in [3.8, 4) is 5.88 Å². The van der Waals surface area contributed by atoms with Crippen molar-refractivity contribution in [1.29, 1.82) is 0 Å². The number of rotatable bonds is 5. The van der Waals surface area contributed by atoms with Crippen molar-refractivity contribution < 1.29 is 4.74 Å². The molecule has 2 aromatic rings. The summed E-state index contributed by atoms with van der Waals surface area (Å²) in [6.45, 7) is 4.22. The first-order valence-electron chi connectivity index (χ1n) is 10.2. The fourth-order valence-electron chi connectivity index (χ4n) is 3.83. The molecule has 2 aliphatic rings. The van der Waals surface area contributed by atoms with Crippen molar-refractivity contribution in [2.75, 3.05) is 13.1 Å². The van der Waals surface area contributed by atoms with Crippen LogP contribution in [0.25, 0.3) is 0 Å². The summed E-state index contributed by atoms with van der Waals surface area (Å²) in [5, 5.41) is 12.1. The molecule has 150 valence electrons. The first-order chi connectivity index (χ1) is 13.7. The van der Waals surface area contributed by atoms with E-state index < -0.39 is 0 Å². The highest BCUT2D eigenvalue weighted by molar-refractivity contribution is 5.80. The van der Waals surface area contributed by atoms with Gasteiger partial charge in [0.15, 0.2) is 11.8 Å². The first kappa shape index (κ1) is 18.7. The number of aromatic nitrogens is 4. The Kier molecular flexibility index (Phi) is 5.73. The average Bonchev–Trinajstić information content (AvgIpc) is 3.44. The van der Waals surface area contributed by atoms with E-state index in [2.05, 4.69) is 25.4 Å². The fourth-order valence-corrected chi connectivity index (χ4v) is 3.83. The molecule has 1 aliphatic heterocycles. The number of likely N-dealkylation sites (tertiary alicyclic amines) is 1. The van der Waals surface area contributed by atoms with Gasteiger partial charge < -0.3 is 19.5 Å². The molecule has 28 heavy (non-hydrogen) atoms. The van der Waals surface area contributed by atoms with Gasteiger partial charge in [-0.2, -0.15) is 0 Å². The summed E-state index contributed by atoms with van der Waals surface area (Å²) < 4.78 is 8.04. The standard InChI is InChI=1S/C20H29N7O/c1-15-24-25-18(26(15)2)13-22-20(23-16-7-3-4-8-16)27-12-10-17(14-27)28-19-9-5-6-11-21-19/h5-6,9,11,16-17H,3-4,7-8,10,12-14H2,1-2H3,(H,22,23). The van der Waals surface area contributed by atoms with Crippen LogP contribution in [0.4, 0.5) is 0 Å². The zero-order chi connectivity index (χ0) is 19.3. The molecule has 0 bridgehead atoms. The van der Waals surface area contributed by atoms with E-state index in [4.69, 9.17) is 9.73 Å². The Labute approximate surface area is 166 Å². The van der Waals surface area contributed by atoms with Gasteiger partial charge in [0.25, 0.3) is 0 Å². The van der Waals surface area contributed by atoms with Gasteiger partial charge in [-0.25, -0.2) is 9.98 Å². The maximum absolute atomic E-state index is 6.05. The molecule has 2 aromatic heterocycles. The second-order valence-corrected chi connectivity index (χ2v) is 7.63. The summed E-state index contributed by atoms with van der Waals surface area (Å²) in [5.41, 5.74) is 0. The summed E-state index contributed by atoms with van der Waals surface area (Å²) in [6.07, 6.45) is 7.86. The number of hydrogen-bond acceptors (Lipinski definition) is 5. The van der Waals surface area contributed by atoms with E-state index in [1.54, 1.807) is 6.20 Å². The molecular formula is C20H29N7O. The lowest BCUT2D eigenvalue weighted by molar-refractivity contribution is 0.205. The Hall–Kier alpha value is -2.64. The third kappa shape index (κ3) is 4.43. The number of guanidine groups is 1. The Morgan fingerprint density at radius 2 is 2.11 bits per heavy atom. The Morgan fingerprint density at radius 1 is 1.25 bits per heavy atom. The molecule has 8 heteroatoms. The number of ether oxygens (including phenoxy) is 1. The third-order valence-electron chi connectivity index (χ3n) is 5.61. The van der Waals surface area contributed by atoms with Crippen LogP contribution in [-0.2, 0) is 13.6 Å². The molecule has 1 unspecified atom stereocenters. The van der Waals surface area contributed by atoms with E-state index in [-0.39, 0.29) is 6.10 Å². The highest BCUT2D eigenvalue weighted by atomic mass is 16.5. The predicted octanol–water partition coefficient (Wildman–Crippen LogP) is 2.06. The van der Waals surface area contributed by atoms with Gasteiger partial charge in [0, 0.05) is 38.3 Å². The molecule has 1 saturated carbocycles. The number of nitrogens with zero attached hydrogens (tertiary/aromatic N) is 6. The number of hydrogen-bond donors (Lipinski definition) is 1. The number of aryl methyl sites for hydroxylation is 1. The average molecular weight is 384 g/mol. The van der Waals surface area contributed by atoms with Crippen LogP contribution in [0.1, 0.15) is 43.8 Å². The maximum Gasteiger partial charge on any atom is 0.213 e. The van der Waals surface area contributed by atoms with Gasteiger partial charge in [0.2, 0.25) is 5.88 Å². The summed E-state index contributed by atoms with van der Waals surface area (Å²) in [5.74, 6) is 3.43. The topological polar surface area (TPSA) is 80.5 Å². The molecular weight excluding hydrogens is 354 g/mol. The maximum atomic E-state index is 6.05. The summed E-state index contributed by atoms with van der Waals surface area (Å²) in [6, 6.07) is 6.27. The van der Waals surface area contributed by atoms with E-state index in [1.807, 2.05) is 36.7 Å². The normalized spacial score (nSPS) is 20.7. The van der Waals surface area contributed by atoms with Crippen LogP contribution in [0.15, 0.2) is 29.4 Å². The number of nitrogens with one attached hydrogen (secondary N) is 1. The SMILES string of the molecule is Cc1nnc(CN=C(NC2CCCC2)N2CCC(Oc3ccccn3)C2)n1C. The zero-order valence-electron chi connectivity index (χ0n) is 16.7. The lowest BCUT2D eigenvalue weighted by atomic mass is 10.2. The lowest BCUT2D eigenvalue weighted by Crippen LogP contribution is -2.45. The molecule has 1 N–H and O–H groups in total. The van der Waals surface area contributed by atoms with Crippen molar-refractivity contribution in [3.63, 3.8) is 0 Å². The van der Waals surface area contributed by atoms with Crippen molar-refractivity contribution >= 4 is 5.96 Å². The van der Waals surface area contributed by atoms with Gasteiger partial charge in [-0.15, -0.1) is 10.2 Å². The number of pyridine rings is 1. The van der Waals surface area contributed by atoms with Crippen LogP contribution in [0.2, 0.25) is 0 Å². The molecule has 0 aromatic carbocycles. The number of aliphatic imine (C=N–C) groups is 1. The third-order valence-corrected chi connectivity index (χ3v) is 5.61. The quantitative estimate of drug-likeness (QED) is 0.629. The van der Waals surface area contributed by atoms with Crippen LogP contribution in [0, 0.1) is 6.92 Å². The fraction of sp³-hybridized carbons (Fsp3) is 0.600. The molecule has 1 atom stereocenters. The van der Waals surface area contributed by atoms with E-state index in [9.17, 15) is 0 Å². The molecule has 0 radical (unpaired) electrons. The van der Waals surface area contributed by atoms with Gasteiger partial charge in [-0.3, -0.25) is 0 Å². The summed E-state index contributed by atoms with van der Waals surface area (Å²) >= 11 is 0. The van der Waals surface area contributed by atoms with Crippen molar-refractivity contribution in [2.45, 2.75) is 57.7 Å². The van der Waals surface area contributed by atoms with Crippen LogP contribution in [0.3, 0.4) is 0 Å². The van der Waals surface area contributed by atoms with Crippen LogP contribution in [0.5, 0.6) is 5.88 Å². The molecule has 8 nitrogen and oxygen atoms in total. The monoisotopic (exact) mass is 383 g/mol. The minimum atomic E-state index is 0.127. The highest BCUT2D eigenvalue weighted by Crippen LogP contribution is 2.20. The zero-order valence-corrected chi connectivity index (χ0v) is 16.7. The van der Waals surface area contributed by atoms with Crippen molar-refractivity contribution in [2.24, 2.45) is 12.0 Å². The largest absolute Gasteiger partial charge is 0.472 e. The minimum Gasteiger partial charge on any atom is -0.472 e. The van der Waals surface area contributed by atoms with Gasteiger partial charge in [0.1, 0.15) is 18.5 Å².